The van der Waals surface area contributed by atoms with Crippen molar-refractivity contribution in [1.82, 2.24) is 15.0 Å². The largest absolute Gasteiger partial charge is 0.369 e. The van der Waals surface area contributed by atoms with E-state index < -0.39 is 0 Å². The fourth-order valence-electron chi connectivity index (χ4n) is 1.94. The Labute approximate surface area is 115 Å². The highest BCUT2D eigenvalue weighted by Crippen LogP contribution is 2.37. The number of nitrogens with one attached hydrogen (secondary N) is 2. The van der Waals surface area contributed by atoms with Gasteiger partial charge in [0.2, 0.25) is 0 Å². The van der Waals surface area contributed by atoms with Gasteiger partial charge in [-0.1, -0.05) is 6.92 Å². The third kappa shape index (κ3) is 3.01. The van der Waals surface area contributed by atoms with Crippen LogP contribution < -0.4 is 10.9 Å². The summed E-state index contributed by atoms with van der Waals surface area (Å²) in [5, 5.41) is 6.30. The van der Waals surface area contributed by atoms with E-state index in [0.717, 1.165) is 30.2 Å². The number of aromatic nitrogens is 3. The van der Waals surface area contributed by atoms with E-state index in [2.05, 4.69) is 27.2 Å². The quantitative estimate of drug-likeness (QED) is 0.879. The second-order valence-corrected chi connectivity index (χ2v) is 5.87. The van der Waals surface area contributed by atoms with E-state index in [1.807, 2.05) is 11.6 Å². The molecule has 1 unspecified atom stereocenters. The van der Waals surface area contributed by atoms with Crippen LogP contribution in [-0.4, -0.2) is 21.5 Å². The van der Waals surface area contributed by atoms with Crippen LogP contribution in [0.15, 0.2) is 22.4 Å². The predicted octanol–water partition coefficient (Wildman–Crippen LogP) is 2.32. The maximum absolute atomic E-state index is 11.6. The average Bonchev–Trinajstić information content (AvgIpc) is 3.11. The van der Waals surface area contributed by atoms with Gasteiger partial charge in [-0.3, -0.25) is 4.79 Å². The first-order chi connectivity index (χ1) is 9.22. The molecule has 0 bridgehead atoms. The van der Waals surface area contributed by atoms with Crippen LogP contribution >= 0.6 is 11.3 Å². The van der Waals surface area contributed by atoms with Crippen LogP contribution in [0.3, 0.4) is 0 Å². The lowest BCUT2D eigenvalue weighted by atomic mass is 10.2. The van der Waals surface area contributed by atoms with Crippen LogP contribution in [0.5, 0.6) is 0 Å². The Morgan fingerprint density at radius 2 is 2.42 bits per heavy atom. The fourth-order valence-corrected chi connectivity index (χ4v) is 2.64. The van der Waals surface area contributed by atoms with Crippen molar-refractivity contribution in [3.8, 4) is 0 Å². The summed E-state index contributed by atoms with van der Waals surface area (Å²) in [6.07, 6.45) is 4.07. The molecule has 0 amide bonds. The van der Waals surface area contributed by atoms with Crippen molar-refractivity contribution >= 4 is 17.2 Å². The van der Waals surface area contributed by atoms with Gasteiger partial charge in [-0.25, -0.2) is 9.97 Å². The zero-order valence-corrected chi connectivity index (χ0v) is 11.5. The number of rotatable bonds is 5. The number of H-pyrrole nitrogens is 1. The van der Waals surface area contributed by atoms with Crippen molar-refractivity contribution < 1.29 is 0 Å². The molecule has 2 heterocycles. The smallest absolute Gasteiger partial charge is 0.252 e. The second kappa shape index (κ2) is 5.13. The summed E-state index contributed by atoms with van der Waals surface area (Å²) in [5.74, 6) is 2.24. The van der Waals surface area contributed by atoms with Crippen molar-refractivity contribution in [2.45, 2.75) is 31.6 Å². The molecule has 1 atom stereocenters. The van der Waals surface area contributed by atoms with E-state index in [-0.39, 0.29) is 5.56 Å². The van der Waals surface area contributed by atoms with Gasteiger partial charge >= 0.3 is 0 Å². The molecule has 0 spiro atoms. The van der Waals surface area contributed by atoms with Gasteiger partial charge in [0.1, 0.15) is 11.6 Å². The molecule has 19 heavy (non-hydrogen) atoms. The average molecular weight is 276 g/mol. The molecule has 5 nitrogen and oxygen atoms in total. The van der Waals surface area contributed by atoms with Gasteiger partial charge in [0.05, 0.1) is 5.01 Å². The Hall–Kier alpha value is -1.69. The lowest BCUT2D eigenvalue weighted by Gasteiger charge is -2.11. The van der Waals surface area contributed by atoms with E-state index in [9.17, 15) is 4.79 Å². The van der Waals surface area contributed by atoms with E-state index >= 15 is 0 Å². The number of anilines is 1. The third-order valence-corrected chi connectivity index (χ3v) is 4.19. The summed E-state index contributed by atoms with van der Waals surface area (Å²) in [6, 6.07) is 1.51. The predicted molar refractivity (Wildman–Crippen MR) is 75.9 cm³/mol. The van der Waals surface area contributed by atoms with Gasteiger partial charge in [-0.15, -0.1) is 11.3 Å². The van der Waals surface area contributed by atoms with Gasteiger partial charge in [0.25, 0.3) is 5.56 Å². The van der Waals surface area contributed by atoms with Crippen LogP contribution in [0.4, 0.5) is 5.82 Å². The molecule has 1 aliphatic carbocycles. The minimum Gasteiger partial charge on any atom is -0.369 e. The first kappa shape index (κ1) is 12.3. The molecule has 6 heteroatoms. The molecule has 1 aliphatic rings. The monoisotopic (exact) mass is 276 g/mol. The molecule has 1 saturated carbocycles. The topological polar surface area (TPSA) is 70.7 Å². The van der Waals surface area contributed by atoms with E-state index in [0.29, 0.717) is 17.7 Å². The van der Waals surface area contributed by atoms with Crippen molar-refractivity contribution in [1.29, 1.82) is 0 Å². The Bertz CT molecular complexity index is 603. The van der Waals surface area contributed by atoms with Crippen LogP contribution in [0.2, 0.25) is 0 Å². The molecule has 0 radical (unpaired) electrons. The van der Waals surface area contributed by atoms with Crippen LogP contribution in [-0.2, 0) is 0 Å². The first-order valence-corrected chi connectivity index (χ1v) is 7.35. The molecule has 1 fully saturated rings. The molecule has 0 aromatic carbocycles. The van der Waals surface area contributed by atoms with E-state index in [1.165, 1.54) is 6.07 Å². The number of hydrogen-bond acceptors (Lipinski definition) is 5. The summed E-state index contributed by atoms with van der Waals surface area (Å²) < 4.78 is 0. The van der Waals surface area contributed by atoms with Crippen molar-refractivity contribution in [3.63, 3.8) is 0 Å². The maximum Gasteiger partial charge on any atom is 0.252 e. The van der Waals surface area contributed by atoms with E-state index in [1.54, 1.807) is 11.3 Å². The highest BCUT2D eigenvalue weighted by atomic mass is 32.1. The minimum atomic E-state index is -0.0821. The van der Waals surface area contributed by atoms with Gasteiger partial charge in [0, 0.05) is 36.0 Å². The molecule has 100 valence electrons. The normalized spacial score (nSPS) is 16.3. The fraction of sp³-hybridized carbons (Fsp3) is 0.462. The minimum absolute atomic E-state index is 0.0821. The van der Waals surface area contributed by atoms with Crippen LogP contribution in [0.25, 0.3) is 0 Å². The highest BCUT2D eigenvalue weighted by molar-refractivity contribution is 7.09. The summed E-state index contributed by atoms with van der Waals surface area (Å²) >= 11 is 1.65. The summed E-state index contributed by atoms with van der Waals surface area (Å²) in [4.78, 5) is 23.1. The Balaban J connectivity index is 1.68. The Morgan fingerprint density at radius 1 is 1.58 bits per heavy atom. The summed E-state index contributed by atoms with van der Waals surface area (Å²) in [6.45, 7) is 2.84. The Kier molecular flexibility index (Phi) is 3.33. The van der Waals surface area contributed by atoms with E-state index in [4.69, 9.17) is 0 Å². The lowest BCUT2D eigenvalue weighted by Crippen LogP contribution is -2.16. The van der Waals surface area contributed by atoms with Crippen molar-refractivity contribution in [3.05, 3.63) is 38.8 Å². The number of nitrogens with zero attached hydrogens (tertiary/aromatic N) is 2. The van der Waals surface area contributed by atoms with Crippen molar-refractivity contribution in [2.75, 3.05) is 11.9 Å². The number of thiazole rings is 1. The van der Waals surface area contributed by atoms with Crippen LogP contribution in [0, 0.1) is 0 Å². The molecule has 2 aromatic rings. The van der Waals surface area contributed by atoms with Gasteiger partial charge in [-0.05, 0) is 12.8 Å². The number of hydrogen-bond donors (Lipinski definition) is 2. The zero-order chi connectivity index (χ0) is 13.2. The summed E-state index contributed by atoms with van der Waals surface area (Å²) in [7, 11) is 0. The van der Waals surface area contributed by atoms with Crippen LogP contribution in [0.1, 0.15) is 42.4 Å². The molecule has 2 aromatic heterocycles. The SMILES string of the molecule is CC(CNc1cc(=O)[nH]c(C2CC2)n1)c1nccs1. The standard InChI is InChI=1S/C13H16N4OS/c1-8(13-14-4-5-19-13)7-15-10-6-11(18)17-12(16-10)9-2-3-9/h4-6,8-9H,2-3,7H2,1H3,(H2,15,16,17,18). The third-order valence-electron chi connectivity index (χ3n) is 3.19. The highest BCUT2D eigenvalue weighted by Gasteiger charge is 2.26. The van der Waals surface area contributed by atoms with Gasteiger partial charge in [-0.2, -0.15) is 0 Å². The first-order valence-electron chi connectivity index (χ1n) is 6.47. The molecule has 0 saturated heterocycles. The molecule has 0 aliphatic heterocycles. The van der Waals surface area contributed by atoms with Gasteiger partial charge < -0.3 is 10.3 Å². The van der Waals surface area contributed by atoms with Crippen molar-refractivity contribution in [2.24, 2.45) is 0 Å². The number of aromatic amines is 1. The summed E-state index contributed by atoms with van der Waals surface area (Å²) in [5.41, 5.74) is -0.0821. The van der Waals surface area contributed by atoms with Gasteiger partial charge in [0.15, 0.2) is 0 Å². The molecular formula is C13H16N4OS. The molecular weight excluding hydrogens is 260 g/mol. The maximum atomic E-state index is 11.6. The molecule has 2 N–H and O–H groups in total. The second-order valence-electron chi connectivity index (χ2n) is 4.94. The Morgan fingerprint density at radius 3 is 3.11 bits per heavy atom. The lowest BCUT2D eigenvalue weighted by molar-refractivity contribution is 0.787. The molecule has 3 rings (SSSR count). The zero-order valence-electron chi connectivity index (χ0n) is 10.7.